The third kappa shape index (κ3) is 5.19. The van der Waals surface area contributed by atoms with Crippen molar-refractivity contribution in [1.29, 1.82) is 0 Å². The lowest BCUT2D eigenvalue weighted by Crippen LogP contribution is -2.29. The summed E-state index contributed by atoms with van der Waals surface area (Å²) in [5, 5.41) is 21.1. The van der Waals surface area contributed by atoms with E-state index in [4.69, 9.17) is 14.3 Å². The molecule has 0 atom stereocenters. The molecule has 1 aliphatic rings. The maximum atomic E-state index is 10.6. The number of H-pyrrole nitrogens is 1. The zero-order valence-corrected chi connectivity index (χ0v) is 12.3. The third-order valence-corrected chi connectivity index (χ3v) is 3.06. The Hall–Kier alpha value is -2.69. The zero-order chi connectivity index (χ0) is 17.6. The molecule has 0 radical (unpaired) electrons. The summed E-state index contributed by atoms with van der Waals surface area (Å²) in [5.41, 5.74) is 1.23. The van der Waals surface area contributed by atoms with Crippen molar-refractivity contribution < 1.29 is 27.5 Å². The molecule has 0 fully saturated rings. The number of carbonyl (C=O) groups is 1. The first-order valence-corrected chi connectivity index (χ1v) is 6.84. The third-order valence-electron chi connectivity index (χ3n) is 3.06. The van der Waals surface area contributed by atoms with E-state index in [1.807, 2.05) is 12.1 Å². The average Bonchev–Trinajstić information content (AvgIpc) is 3.20. The Balaban J connectivity index is 0.000000256. The summed E-state index contributed by atoms with van der Waals surface area (Å²) >= 11 is 0. The summed E-state index contributed by atoms with van der Waals surface area (Å²) in [5.74, 6) is -1.08. The molecule has 2 aromatic heterocycles. The molecule has 0 saturated carbocycles. The Kier molecular flexibility index (Phi) is 5.68. The van der Waals surface area contributed by atoms with E-state index in [0.717, 1.165) is 31.1 Å². The van der Waals surface area contributed by atoms with Crippen LogP contribution in [0, 0.1) is 0 Å². The van der Waals surface area contributed by atoms with Gasteiger partial charge in [-0.2, -0.15) is 18.4 Å². The number of hydrogen-bond donors (Lipinski definition) is 2. The highest BCUT2D eigenvalue weighted by Gasteiger charge is 2.38. The Labute approximate surface area is 133 Å². The van der Waals surface area contributed by atoms with Crippen LogP contribution in [0.3, 0.4) is 0 Å². The second-order valence-electron chi connectivity index (χ2n) is 4.84. The Morgan fingerprint density at radius 1 is 1.46 bits per heavy atom. The van der Waals surface area contributed by atoms with Gasteiger partial charge in [0, 0.05) is 18.7 Å². The van der Waals surface area contributed by atoms with E-state index in [-0.39, 0.29) is 0 Å². The van der Waals surface area contributed by atoms with Crippen molar-refractivity contribution in [3.8, 4) is 0 Å². The van der Waals surface area contributed by atoms with Gasteiger partial charge in [0.2, 0.25) is 0 Å². The molecule has 3 heterocycles. The van der Waals surface area contributed by atoms with Gasteiger partial charge < -0.3 is 9.52 Å². The minimum absolute atomic E-state index is 0.717. The molecule has 24 heavy (non-hydrogen) atoms. The smallest absolute Gasteiger partial charge is 0.475 e. The van der Waals surface area contributed by atoms with Crippen LogP contribution >= 0.6 is 0 Å². The lowest BCUT2D eigenvalue weighted by atomic mass is 10.1. The molecule has 1 aliphatic heterocycles. The SMILES string of the molecule is C1=C(c2ccco2)CN(Cc2nn[nH]n2)CC1.O=C(O)C(F)(F)F. The van der Waals surface area contributed by atoms with Crippen molar-refractivity contribution in [3.63, 3.8) is 0 Å². The topological polar surface area (TPSA) is 108 Å². The number of nitrogens with zero attached hydrogens (tertiary/aromatic N) is 4. The fourth-order valence-electron chi connectivity index (χ4n) is 2.03. The molecule has 2 N–H and O–H groups in total. The first kappa shape index (κ1) is 17.7. The van der Waals surface area contributed by atoms with Crippen molar-refractivity contribution in [3.05, 3.63) is 36.1 Å². The molecule has 8 nitrogen and oxygen atoms in total. The first-order valence-electron chi connectivity index (χ1n) is 6.84. The Morgan fingerprint density at radius 3 is 2.75 bits per heavy atom. The van der Waals surface area contributed by atoms with E-state index in [2.05, 4.69) is 31.6 Å². The van der Waals surface area contributed by atoms with Crippen molar-refractivity contribution in [2.45, 2.75) is 19.1 Å². The molecule has 0 bridgehead atoms. The molecule has 0 unspecified atom stereocenters. The number of aliphatic carboxylic acids is 1. The summed E-state index contributed by atoms with van der Waals surface area (Å²) in [4.78, 5) is 11.2. The Morgan fingerprint density at radius 2 is 2.21 bits per heavy atom. The highest BCUT2D eigenvalue weighted by molar-refractivity contribution is 5.73. The number of furan rings is 1. The van der Waals surface area contributed by atoms with Crippen LogP contribution in [0.5, 0.6) is 0 Å². The maximum absolute atomic E-state index is 10.6. The van der Waals surface area contributed by atoms with Gasteiger partial charge in [-0.15, -0.1) is 10.2 Å². The maximum Gasteiger partial charge on any atom is 0.490 e. The van der Waals surface area contributed by atoms with Crippen LogP contribution in [0.2, 0.25) is 0 Å². The van der Waals surface area contributed by atoms with Gasteiger partial charge in [0.15, 0.2) is 5.82 Å². The minimum Gasteiger partial charge on any atom is -0.475 e. The number of rotatable bonds is 3. The molecule has 130 valence electrons. The van der Waals surface area contributed by atoms with Gasteiger partial charge in [-0.25, -0.2) is 4.79 Å². The first-order chi connectivity index (χ1) is 11.4. The van der Waals surface area contributed by atoms with E-state index in [1.54, 1.807) is 6.26 Å². The number of carboxylic acid groups (broad SMARTS) is 1. The van der Waals surface area contributed by atoms with E-state index in [9.17, 15) is 13.2 Å². The molecule has 2 aromatic rings. The number of aromatic amines is 1. The molecule has 0 aromatic carbocycles. The summed E-state index contributed by atoms with van der Waals surface area (Å²) in [6.07, 6.45) is -0.131. The number of hydrogen-bond acceptors (Lipinski definition) is 6. The number of alkyl halides is 3. The number of aromatic nitrogens is 4. The molecular formula is C13H14F3N5O3. The summed E-state index contributed by atoms with van der Waals surface area (Å²) in [6, 6.07) is 3.90. The largest absolute Gasteiger partial charge is 0.490 e. The predicted octanol–water partition coefficient (Wildman–Crippen LogP) is 1.72. The zero-order valence-electron chi connectivity index (χ0n) is 12.3. The predicted molar refractivity (Wildman–Crippen MR) is 74.4 cm³/mol. The van der Waals surface area contributed by atoms with Crippen LogP contribution in [-0.4, -0.2) is 55.9 Å². The summed E-state index contributed by atoms with van der Waals surface area (Å²) in [7, 11) is 0. The van der Waals surface area contributed by atoms with Gasteiger partial charge in [-0.3, -0.25) is 4.90 Å². The highest BCUT2D eigenvalue weighted by atomic mass is 19.4. The molecular weight excluding hydrogens is 331 g/mol. The number of halogens is 3. The van der Waals surface area contributed by atoms with E-state index < -0.39 is 12.1 Å². The standard InChI is InChI=1S/C11H13N5O.C2HF3O2/c1-3-9(10-4-2-6-17-10)7-16(5-1)8-11-12-14-15-13-11;3-2(4,5)1(6)7/h2-4,6H,1,5,7-8H2,(H,12,13,14,15);(H,6,7). The van der Waals surface area contributed by atoms with E-state index in [1.165, 1.54) is 5.57 Å². The van der Waals surface area contributed by atoms with E-state index in [0.29, 0.717) is 6.54 Å². The molecule has 0 spiro atoms. The number of tetrazole rings is 1. The van der Waals surface area contributed by atoms with Crippen LogP contribution < -0.4 is 0 Å². The van der Waals surface area contributed by atoms with Gasteiger partial charge in [-0.1, -0.05) is 11.3 Å². The van der Waals surface area contributed by atoms with Crippen LogP contribution in [0.15, 0.2) is 28.9 Å². The second kappa shape index (κ2) is 7.73. The van der Waals surface area contributed by atoms with Gasteiger partial charge in [0.25, 0.3) is 0 Å². The summed E-state index contributed by atoms with van der Waals surface area (Å²) < 4.78 is 37.1. The molecule has 0 aliphatic carbocycles. The molecule has 11 heteroatoms. The lowest BCUT2D eigenvalue weighted by Gasteiger charge is -2.24. The van der Waals surface area contributed by atoms with E-state index >= 15 is 0 Å². The highest BCUT2D eigenvalue weighted by Crippen LogP contribution is 2.21. The van der Waals surface area contributed by atoms with Gasteiger partial charge in [0.05, 0.1) is 12.8 Å². The van der Waals surface area contributed by atoms with Gasteiger partial charge >= 0.3 is 12.1 Å². The fraction of sp³-hybridized carbons (Fsp3) is 0.385. The van der Waals surface area contributed by atoms with Crippen LogP contribution in [0.4, 0.5) is 13.2 Å². The van der Waals surface area contributed by atoms with Crippen molar-refractivity contribution in [2.24, 2.45) is 0 Å². The molecule has 0 saturated heterocycles. The lowest BCUT2D eigenvalue weighted by molar-refractivity contribution is -0.192. The van der Waals surface area contributed by atoms with Crippen molar-refractivity contribution in [2.75, 3.05) is 13.1 Å². The van der Waals surface area contributed by atoms with Gasteiger partial charge in [0.1, 0.15) is 5.76 Å². The molecule has 3 rings (SSSR count). The quantitative estimate of drug-likeness (QED) is 0.872. The Bertz CT molecular complexity index is 668. The van der Waals surface area contributed by atoms with Crippen molar-refractivity contribution in [1.82, 2.24) is 25.5 Å². The van der Waals surface area contributed by atoms with Crippen molar-refractivity contribution >= 4 is 11.5 Å². The fourth-order valence-corrected chi connectivity index (χ4v) is 2.03. The van der Waals surface area contributed by atoms with Crippen LogP contribution in [0.25, 0.3) is 5.57 Å². The van der Waals surface area contributed by atoms with Gasteiger partial charge in [-0.05, 0) is 18.6 Å². The second-order valence-corrected chi connectivity index (χ2v) is 4.84. The number of carboxylic acids is 1. The average molecular weight is 345 g/mol. The normalized spacial score (nSPS) is 15.4. The van der Waals surface area contributed by atoms with Crippen LogP contribution in [-0.2, 0) is 11.3 Å². The number of nitrogens with one attached hydrogen (secondary N) is 1. The minimum atomic E-state index is -5.08. The summed E-state index contributed by atoms with van der Waals surface area (Å²) in [6.45, 7) is 2.59. The molecule has 0 amide bonds. The van der Waals surface area contributed by atoms with Crippen LogP contribution in [0.1, 0.15) is 18.0 Å². The monoisotopic (exact) mass is 345 g/mol.